The largest absolute Gasteiger partial charge is 0.497 e. The maximum absolute atomic E-state index is 13.0. The SMILES string of the molecule is COc1ccc(S(=O)(=O)N(CCO)CCO[C@@H]2C[C@H](C)C=C(C(=O)NC3CCCC3)O2)cc1. The molecular weight excluding hydrogens is 448 g/mol. The number of sulfonamides is 1. The zero-order chi connectivity index (χ0) is 23.8. The van der Waals surface area contributed by atoms with E-state index < -0.39 is 16.3 Å². The van der Waals surface area contributed by atoms with Crippen molar-refractivity contribution in [3.63, 3.8) is 0 Å². The highest BCUT2D eigenvalue weighted by Crippen LogP contribution is 2.25. The van der Waals surface area contributed by atoms with E-state index in [9.17, 15) is 18.3 Å². The Bertz CT molecular complexity index is 911. The lowest BCUT2D eigenvalue weighted by Gasteiger charge is -2.29. The van der Waals surface area contributed by atoms with E-state index in [0.717, 1.165) is 25.7 Å². The Morgan fingerprint density at radius 1 is 1.21 bits per heavy atom. The second kappa shape index (κ2) is 11.8. The van der Waals surface area contributed by atoms with E-state index in [4.69, 9.17) is 14.2 Å². The number of hydrogen-bond donors (Lipinski definition) is 2. The molecule has 1 amide bonds. The number of nitrogens with zero attached hydrogens (tertiary/aromatic N) is 1. The highest BCUT2D eigenvalue weighted by Gasteiger charge is 2.29. The van der Waals surface area contributed by atoms with Gasteiger partial charge in [0.1, 0.15) is 5.75 Å². The fourth-order valence-electron chi connectivity index (χ4n) is 4.06. The van der Waals surface area contributed by atoms with Gasteiger partial charge in [-0.05, 0) is 49.1 Å². The Morgan fingerprint density at radius 2 is 1.91 bits per heavy atom. The first-order valence-corrected chi connectivity index (χ1v) is 12.8. The maximum Gasteiger partial charge on any atom is 0.286 e. The van der Waals surface area contributed by atoms with Gasteiger partial charge in [0, 0.05) is 25.6 Å². The van der Waals surface area contributed by atoms with Crippen molar-refractivity contribution >= 4 is 15.9 Å². The van der Waals surface area contributed by atoms with Crippen molar-refractivity contribution in [2.24, 2.45) is 5.92 Å². The molecule has 1 saturated carbocycles. The van der Waals surface area contributed by atoms with Crippen LogP contribution in [0, 0.1) is 5.92 Å². The van der Waals surface area contributed by atoms with Gasteiger partial charge in [0.2, 0.25) is 16.3 Å². The summed E-state index contributed by atoms with van der Waals surface area (Å²) in [7, 11) is -2.31. The average Bonchev–Trinajstić information content (AvgIpc) is 3.31. The summed E-state index contributed by atoms with van der Waals surface area (Å²) >= 11 is 0. The predicted molar refractivity (Wildman–Crippen MR) is 122 cm³/mol. The normalized spacial score (nSPS) is 21.5. The first-order chi connectivity index (χ1) is 15.8. The molecule has 0 aromatic heterocycles. The van der Waals surface area contributed by atoms with Crippen LogP contribution in [0.5, 0.6) is 5.75 Å². The Hall–Kier alpha value is -2.14. The van der Waals surface area contributed by atoms with E-state index in [0.29, 0.717) is 12.2 Å². The van der Waals surface area contributed by atoms with Crippen LogP contribution in [0.25, 0.3) is 0 Å². The smallest absolute Gasteiger partial charge is 0.286 e. The van der Waals surface area contributed by atoms with Crippen LogP contribution in [0.1, 0.15) is 39.0 Å². The van der Waals surface area contributed by atoms with Crippen LogP contribution in [0.4, 0.5) is 0 Å². The van der Waals surface area contributed by atoms with Gasteiger partial charge in [0.15, 0.2) is 5.76 Å². The lowest BCUT2D eigenvalue weighted by atomic mass is 10.0. The molecule has 9 nitrogen and oxygen atoms in total. The fourth-order valence-corrected chi connectivity index (χ4v) is 5.48. The molecule has 2 N–H and O–H groups in total. The predicted octanol–water partition coefficient (Wildman–Crippen LogP) is 2.02. The Morgan fingerprint density at radius 3 is 2.55 bits per heavy atom. The van der Waals surface area contributed by atoms with E-state index >= 15 is 0 Å². The minimum absolute atomic E-state index is 0.0382. The van der Waals surface area contributed by atoms with Gasteiger partial charge < -0.3 is 24.6 Å². The molecule has 2 aliphatic rings. The van der Waals surface area contributed by atoms with E-state index in [2.05, 4.69) is 5.32 Å². The third-order valence-corrected chi connectivity index (χ3v) is 7.78. The molecule has 2 atom stereocenters. The third-order valence-electron chi connectivity index (χ3n) is 5.86. The van der Waals surface area contributed by atoms with Crippen molar-refractivity contribution in [2.75, 3.05) is 33.4 Å². The number of aliphatic hydroxyl groups is 1. The minimum atomic E-state index is -3.82. The van der Waals surface area contributed by atoms with Gasteiger partial charge in [-0.15, -0.1) is 0 Å². The van der Waals surface area contributed by atoms with Gasteiger partial charge in [-0.25, -0.2) is 8.42 Å². The van der Waals surface area contributed by atoms with Crippen LogP contribution in [0.3, 0.4) is 0 Å². The molecule has 0 unspecified atom stereocenters. The van der Waals surface area contributed by atoms with Crippen LogP contribution < -0.4 is 10.1 Å². The maximum atomic E-state index is 13.0. The van der Waals surface area contributed by atoms with Crippen molar-refractivity contribution < 1.29 is 32.5 Å². The summed E-state index contributed by atoms with van der Waals surface area (Å²) in [4.78, 5) is 12.7. The first-order valence-electron chi connectivity index (χ1n) is 11.4. The molecular formula is C23H34N2O7S. The number of methoxy groups -OCH3 is 1. The zero-order valence-electron chi connectivity index (χ0n) is 19.2. The summed E-state index contributed by atoms with van der Waals surface area (Å²) in [5, 5.41) is 12.4. The summed E-state index contributed by atoms with van der Waals surface area (Å²) < 4.78 is 43.8. The van der Waals surface area contributed by atoms with Gasteiger partial charge >= 0.3 is 0 Å². The Kier molecular flexibility index (Phi) is 9.13. The second-order valence-electron chi connectivity index (χ2n) is 8.42. The standard InChI is InChI=1S/C23H34N2O7S/c1-17-15-21(23(27)24-18-5-3-4-6-18)32-22(16-17)31-14-12-25(11-13-26)33(28,29)20-9-7-19(30-2)8-10-20/h7-10,15,17-18,22,26H,3-6,11-14,16H2,1-2H3,(H,24,27)/t17-,22+/m1/s1. The summed E-state index contributed by atoms with van der Waals surface area (Å²) in [5.74, 6) is 0.662. The van der Waals surface area contributed by atoms with E-state index in [1.807, 2.05) is 6.92 Å². The number of hydrogen-bond acceptors (Lipinski definition) is 7. The van der Waals surface area contributed by atoms with E-state index in [1.54, 1.807) is 18.2 Å². The molecule has 0 saturated heterocycles. The van der Waals surface area contributed by atoms with Crippen LogP contribution >= 0.6 is 0 Å². The van der Waals surface area contributed by atoms with Crippen LogP contribution in [-0.2, 0) is 24.3 Å². The number of allylic oxidation sites excluding steroid dienone is 1. The van der Waals surface area contributed by atoms with E-state index in [-0.39, 0.29) is 54.8 Å². The lowest BCUT2D eigenvalue weighted by Crippen LogP contribution is -2.39. The van der Waals surface area contributed by atoms with Crippen molar-refractivity contribution in [1.29, 1.82) is 0 Å². The van der Waals surface area contributed by atoms with Gasteiger partial charge in [-0.3, -0.25) is 4.79 Å². The zero-order valence-corrected chi connectivity index (χ0v) is 20.1. The fraction of sp³-hybridized carbons (Fsp3) is 0.609. The number of carbonyl (C=O) groups is 1. The highest BCUT2D eigenvalue weighted by atomic mass is 32.2. The van der Waals surface area contributed by atoms with Crippen LogP contribution in [0.2, 0.25) is 0 Å². The number of benzene rings is 1. The van der Waals surface area contributed by atoms with Crippen LogP contribution in [0.15, 0.2) is 41.0 Å². The average molecular weight is 483 g/mol. The third kappa shape index (κ3) is 6.92. The first kappa shape index (κ1) is 25.5. The minimum Gasteiger partial charge on any atom is -0.497 e. The molecule has 1 fully saturated rings. The molecule has 33 heavy (non-hydrogen) atoms. The van der Waals surface area contributed by atoms with Gasteiger partial charge in [0.05, 0.1) is 25.2 Å². The molecule has 1 aliphatic carbocycles. The molecule has 10 heteroatoms. The quantitative estimate of drug-likeness (QED) is 0.496. The van der Waals surface area contributed by atoms with Crippen molar-refractivity contribution in [3.8, 4) is 5.75 Å². The highest BCUT2D eigenvalue weighted by molar-refractivity contribution is 7.89. The summed E-state index contributed by atoms with van der Waals surface area (Å²) in [5.41, 5.74) is 0. The van der Waals surface area contributed by atoms with Gasteiger partial charge in [-0.2, -0.15) is 4.31 Å². The van der Waals surface area contributed by atoms with Crippen molar-refractivity contribution in [1.82, 2.24) is 9.62 Å². The second-order valence-corrected chi connectivity index (χ2v) is 10.4. The Balaban J connectivity index is 1.56. The monoisotopic (exact) mass is 482 g/mol. The molecule has 1 heterocycles. The molecule has 184 valence electrons. The number of carbonyl (C=O) groups excluding carboxylic acids is 1. The Labute approximate surface area is 195 Å². The lowest BCUT2D eigenvalue weighted by molar-refractivity contribution is -0.148. The molecule has 3 rings (SSSR count). The topological polar surface area (TPSA) is 114 Å². The van der Waals surface area contributed by atoms with Gasteiger partial charge in [0.25, 0.3) is 5.91 Å². The molecule has 1 aliphatic heterocycles. The number of ether oxygens (including phenoxy) is 3. The molecule has 0 bridgehead atoms. The molecule has 1 aromatic carbocycles. The van der Waals surface area contributed by atoms with Crippen molar-refractivity contribution in [3.05, 3.63) is 36.1 Å². The van der Waals surface area contributed by atoms with E-state index in [1.165, 1.54) is 23.5 Å². The number of aliphatic hydroxyl groups excluding tert-OH is 1. The summed E-state index contributed by atoms with van der Waals surface area (Å²) in [6.45, 7) is 1.70. The number of nitrogens with one attached hydrogen (secondary N) is 1. The van der Waals surface area contributed by atoms with Crippen molar-refractivity contribution in [2.45, 2.75) is 56.3 Å². The molecule has 1 aromatic rings. The number of rotatable bonds is 11. The number of amides is 1. The van der Waals surface area contributed by atoms with Gasteiger partial charge in [-0.1, -0.05) is 19.8 Å². The van der Waals surface area contributed by atoms with Crippen LogP contribution in [-0.4, -0.2) is 69.5 Å². The summed E-state index contributed by atoms with van der Waals surface area (Å²) in [6, 6.07) is 6.26. The molecule has 0 radical (unpaired) electrons. The summed E-state index contributed by atoms with van der Waals surface area (Å²) in [6.07, 6.45) is 5.93. The molecule has 0 spiro atoms.